The molecule has 164 valence electrons. The molecule has 0 saturated carbocycles. The number of rotatable bonds is 10. The van der Waals surface area contributed by atoms with Crippen LogP contribution in [-0.4, -0.2) is 34.8 Å². The topological polar surface area (TPSA) is 44.8 Å². The number of ether oxygens (including phenoxy) is 1. The van der Waals surface area contributed by atoms with Crippen LogP contribution in [0.25, 0.3) is 0 Å². The average Bonchev–Trinajstić information content (AvgIpc) is 2.42. The molecule has 0 bridgehead atoms. The lowest BCUT2D eigenvalue weighted by molar-refractivity contribution is -0.137. The van der Waals surface area contributed by atoms with Crippen molar-refractivity contribution in [3.05, 3.63) is 25.0 Å². The Morgan fingerprint density at radius 2 is 1.39 bits per heavy atom. The molecule has 0 unspecified atom stereocenters. The highest BCUT2D eigenvalue weighted by Crippen LogP contribution is 2.40. The molecule has 0 aromatic rings. The number of esters is 1. The van der Waals surface area contributed by atoms with E-state index in [0.717, 1.165) is 0 Å². The van der Waals surface area contributed by atoms with E-state index in [1.54, 1.807) is 0 Å². The molecule has 2 atom stereocenters. The second-order valence-corrected chi connectivity index (χ2v) is 20.2. The summed E-state index contributed by atoms with van der Waals surface area (Å²) >= 11 is 0. The van der Waals surface area contributed by atoms with Crippen LogP contribution in [0.15, 0.2) is 25.0 Å². The van der Waals surface area contributed by atoms with Gasteiger partial charge in [0.25, 0.3) is 0 Å². The van der Waals surface area contributed by atoms with Gasteiger partial charge in [-0.2, -0.15) is 0 Å². The van der Waals surface area contributed by atoms with Gasteiger partial charge < -0.3 is 13.6 Å². The molecule has 0 amide bonds. The van der Waals surface area contributed by atoms with Crippen molar-refractivity contribution in [1.82, 2.24) is 0 Å². The highest BCUT2D eigenvalue weighted by atomic mass is 28.4. The van der Waals surface area contributed by atoms with Crippen molar-refractivity contribution in [3.63, 3.8) is 0 Å². The highest BCUT2D eigenvalue weighted by molar-refractivity contribution is 6.74. The molecular weight excluding hydrogens is 384 g/mol. The molecule has 0 aromatic carbocycles. The van der Waals surface area contributed by atoms with Crippen LogP contribution in [0.3, 0.4) is 0 Å². The standard InChI is InChI=1S/C22H44O4Si2/c1-14-19(25-27(10,11)21(4,5)6)16-20(15-17(2)24-18(3)23)26-28(12,13)22(7,8)9/h14,19-20H,1-2,15-16H2,3-13H3/t19-,20-/m1/s1. The normalized spacial score (nSPS) is 15.7. The van der Waals surface area contributed by atoms with Gasteiger partial charge in [0, 0.05) is 19.8 Å². The Kier molecular flexibility index (Phi) is 9.63. The molecule has 0 N–H and O–H groups in total. The van der Waals surface area contributed by atoms with Crippen LogP contribution in [0, 0.1) is 0 Å². The third kappa shape index (κ3) is 8.76. The number of hydrogen-bond acceptors (Lipinski definition) is 4. The Morgan fingerprint density at radius 1 is 0.964 bits per heavy atom. The zero-order chi connectivity index (χ0) is 22.6. The Hall–Kier alpha value is -0.696. The fourth-order valence-electron chi connectivity index (χ4n) is 2.27. The lowest BCUT2D eigenvalue weighted by Crippen LogP contribution is -2.47. The molecule has 0 heterocycles. The maximum Gasteiger partial charge on any atom is 0.307 e. The van der Waals surface area contributed by atoms with Gasteiger partial charge in [0.15, 0.2) is 16.6 Å². The van der Waals surface area contributed by atoms with Crippen LogP contribution < -0.4 is 0 Å². The largest absolute Gasteiger partial charge is 0.432 e. The summed E-state index contributed by atoms with van der Waals surface area (Å²) in [5.74, 6) is 0.0835. The van der Waals surface area contributed by atoms with E-state index in [9.17, 15) is 4.79 Å². The van der Waals surface area contributed by atoms with Gasteiger partial charge in [-0.1, -0.05) is 54.2 Å². The Balaban J connectivity index is 5.51. The van der Waals surface area contributed by atoms with Crippen molar-refractivity contribution in [1.29, 1.82) is 0 Å². The summed E-state index contributed by atoms with van der Waals surface area (Å²) in [6.45, 7) is 31.6. The van der Waals surface area contributed by atoms with Crippen LogP contribution in [0.5, 0.6) is 0 Å². The third-order valence-electron chi connectivity index (χ3n) is 6.02. The first-order valence-corrected chi connectivity index (χ1v) is 16.0. The van der Waals surface area contributed by atoms with Gasteiger partial charge in [0.1, 0.15) is 5.76 Å². The molecule has 0 aliphatic heterocycles. The Bertz CT molecular complexity index is 554. The fraction of sp³-hybridized carbons (Fsp3) is 0.773. The molecule has 6 heteroatoms. The minimum absolute atomic E-state index is 0.0813. The summed E-state index contributed by atoms with van der Waals surface area (Å²) in [7, 11) is -3.95. The highest BCUT2D eigenvalue weighted by Gasteiger charge is 2.41. The Labute approximate surface area is 176 Å². The van der Waals surface area contributed by atoms with Crippen molar-refractivity contribution >= 4 is 22.6 Å². The molecule has 0 radical (unpaired) electrons. The van der Waals surface area contributed by atoms with Crippen molar-refractivity contribution in [3.8, 4) is 0 Å². The summed E-state index contributed by atoms with van der Waals surface area (Å²) < 4.78 is 18.4. The SMILES string of the molecule is C=C[C@H](C[C@@H](CC(=C)OC(C)=O)O[Si](C)(C)C(C)(C)C)O[Si](C)(C)C(C)(C)C. The van der Waals surface area contributed by atoms with E-state index in [4.69, 9.17) is 13.6 Å². The lowest BCUT2D eigenvalue weighted by Gasteiger charge is -2.42. The van der Waals surface area contributed by atoms with Crippen LogP contribution in [0.2, 0.25) is 36.3 Å². The minimum Gasteiger partial charge on any atom is -0.432 e. The number of hydrogen-bond donors (Lipinski definition) is 0. The first-order valence-electron chi connectivity index (χ1n) is 10.2. The van der Waals surface area contributed by atoms with E-state index in [1.807, 2.05) is 6.08 Å². The van der Waals surface area contributed by atoms with Gasteiger partial charge in [-0.05, 0) is 36.3 Å². The van der Waals surface area contributed by atoms with Crippen molar-refractivity contribution in [2.75, 3.05) is 0 Å². The Morgan fingerprint density at radius 3 is 1.75 bits per heavy atom. The van der Waals surface area contributed by atoms with Gasteiger partial charge in [-0.3, -0.25) is 4.79 Å². The van der Waals surface area contributed by atoms with Crippen molar-refractivity contribution in [2.45, 2.75) is 110 Å². The zero-order valence-electron chi connectivity index (χ0n) is 20.2. The predicted octanol–water partition coefficient (Wildman–Crippen LogP) is 6.81. The summed E-state index contributed by atoms with van der Waals surface area (Å²) in [5, 5.41) is 0.198. The van der Waals surface area contributed by atoms with E-state index in [-0.39, 0.29) is 28.3 Å². The monoisotopic (exact) mass is 428 g/mol. The first-order chi connectivity index (χ1) is 12.3. The second-order valence-electron chi connectivity index (χ2n) is 10.7. The van der Waals surface area contributed by atoms with Crippen LogP contribution in [-0.2, 0) is 18.4 Å². The van der Waals surface area contributed by atoms with Crippen LogP contribution >= 0.6 is 0 Å². The van der Waals surface area contributed by atoms with E-state index in [2.05, 4.69) is 80.9 Å². The van der Waals surface area contributed by atoms with E-state index in [0.29, 0.717) is 18.6 Å². The molecule has 0 aliphatic rings. The number of carbonyl (C=O) groups is 1. The van der Waals surface area contributed by atoms with Crippen molar-refractivity contribution in [2.24, 2.45) is 0 Å². The van der Waals surface area contributed by atoms with Crippen molar-refractivity contribution < 1.29 is 18.4 Å². The minimum atomic E-state index is -2.01. The second kappa shape index (κ2) is 9.87. The van der Waals surface area contributed by atoms with Gasteiger partial charge in [0.05, 0.1) is 12.2 Å². The molecule has 28 heavy (non-hydrogen) atoms. The zero-order valence-corrected chi connectivity index (χ0v) is 22.2. The molecular formula is C22H44O4Si2. The van der Waals surface area contributed by atoms with Gasteiger partial charge in [0.2, 0.25) is 0 Å². The molecule has 4 nitrogen and oxygen atoms in total. The summed E-state index contributed by atoms with van der Waals surface area (Å²) in [4.78, 5) is 11.3. The summed E-state index contributed by atoms with van der Waals surface area (Å²) in [6, 6.07) is 0. The first kappa shape index (κ1) is 27.3. The van der Waals surface area contributed by atoms with E-state index >= 15 is 0 Å². The number of carbonyl (C=O) groups excluding carboxylic acids is 1. The molecule has 0 aliphatic carbocycles. The quantitative estimate of drug-likeness (QED) is 0.166. The molecule has 0 fully saturated rings. The van der Waals surface area contributed by atoms with Gasteiger partial charge >= 0.3 is 5.97 Å². The van der Waals surface area contributed by atoms with E-state index in [1.165, 1.54) is 6.92 Å². The van der Waals surface area contributed by atoms with Gasteiger partial charge in [-0.25, -0.2) is 0 Å². The third-order valence-corrected chi connectivity index (χ3v) is 15.1. The molecule has 0 rings (SSSR count). The average molecular weight is 429 g/mol. The molecule has 0 saturated heterocycles. The fourth-order valence-corrected chi connectivity index (χ4v) is 4.94. The van der Waals surface area contributed by atoms with E-state index < -0.39 is 16.6 Å². The summed E-state index contributed by atoms with van der Waals surface area (Å²) in [6.07, 6.45) is 2.76. The maximum atomic E-state index is 11.3. The maximum absolute atomic E-state index is 11.3. The smallest absolute Gasteiger partial charge is 0.307 e. The van der Waals surface area contributed by atoms with Crippen LogP contribution in [0.4, 0.5) is 0 Å². The molecule has 0 aromatic heterocycles. The summed E-state index contributed by atoms with van der Waals surface area (Å²) in [5.41, 5.74) is 0. The predicted molar refractivity (Wildman–Crippen MR) is 124 cm³/mol. The lowest BCUT2D eigenvalue weighted by atomic mass is 10.1. The van der Waals surface area contributed by atoms with Crippen LogP contribution in [0.1, 0.15) is 61.3 Å². The van der Waals surface area contributed by atoms with Gasteiger partial charge in [-0.15, -0.1) is 6.58 Å². The molecule has 0 spiro atoms.